The number of aryl methyl sites for hydroxylation is 1. The smallest absolute Gasteiger partial charge is 0.335 e. The number of nitriles is 1. The van der Waals surface area contributed by atoms with Gasteiger partial charge < -0.3 is 5.11 Å². The summed E-state index contributed by atoms with van der Waals surface area (Å²) in [6.45, 7) is 1.80. The van der Waals surface area contributed by atoms with Crippen molar-refractivity contribution in [3.8, 4) is 6.07 Å². The standard InChI is InChI=1S/C17H16N2O4S/c1-2-13-5-6-14(17(20)21)11-16(13)24(22,23)19-15-7-3-12(4-8-15)9-10-18/h3-8,11,19H,2,9H2,1H3,(H,20,21). The number of benzene rings is 2. The molecule has 0 aromatic heterocycles. The maximum atomic E-state index is 12.6. The first-order valence-electron chi connectivity index (χ1n) is 7.22. The summed E-state index contributed by atoms with van der Waals surface area (Å²) in [6.07, 6.45) is 0.699. The number of nitrogens with zero attached hydrogens (tertiary/aromatic N) is 1. The zero-order valence-electron chi connectivity index (χ0n) is 13.0. The molecule has 0 bridgehead atoms. The second kappa shape index (κ2) is 7.15. The number of anilines is 1. The Morgan fingerprint density at radius 3 is 2.42 bits per heavy atom. The van der Waals surface area contributed by atoms with Gasteiger partial charge in [0.1, 0.15) is 0 Å². The molecule has 2 aromatic carbocycles. The number of carboxylic acid groups (broad SMARTS) is 1. The molecule has 0 unspecified atom stereocenters. The van der Waals surface area contributed by atoms with Crippen LogP contribution in [0.2, 0.25) is 0 Å². The average Bonchev–Trinajstić information content (AvgIpc) is 2.56. The largest absolute Gasteiger partial charge is 0.478 e. The molecule has 0 spiro atoms. The van der Waals surface area contributed by atoms with Crippen LogP contribution in [0.25, 0.3) is 0 Å². The van der Waals surface area contributed by atoms with Gasteiger partial charge in [-0.3, -0.25) is 4.72 Å². The maximum absolute atomic E-state index is 12.6. The van der Waals surface area contributed by atoms with Crippen molar-refractivity contribution in [2.75, 3.05) is 4.72 Å². The van der Waals surface area contributed by atoms with Crippen molar-refractivity contribution >= 4 is 21.7 Å². The quantitative estimate of drug-likeness (QED) is 0.838. The van der Waals surface area contributed by atoms with Crippen molar-refractivity contribution in [1.82, 2.24) is 0 Å². The van der Waals surface area contributed by atoms with E-state index in [0.717, 1.165) is 11.6 Å². The van der Waals surface area contributed by atoms with Crippen LogP contribution in [0, 0.1) is 11.3 Å². The Morgan fingerprint density at radius 2 is 1.88 bits per heavy atom. The maximum Gasteiger partial charge on any atom is 0.335 e. The van der Waals surface area contributed by atoms with Crippen LogP contribution < -0.4 is 4.72 Å². The van der Waals surface area contributed by atoms with Crippen molar-refractivity contribution in [2.45, 2.75) is 24.7 Å². The number of hydrogen-bond donors (Lipinski definition) is 2. The molecule has 0 atom stereocenters. The van der Waals surface area contributed by atoms with Gasteiger partial charge in [0, 0.05) is 5.69 Å². The van der Waals surface area contributed by atoms with E-state index in [2.05, 4.69) is 4.72 Å². The zero-order chi connectivity index (χ0) is 17.7. The summed E-state index contributed by atoms with van der Waals surface area (Å²) in [6, 6.07) is 12.5. The molecule has 0 amide bonds. The van der Waals surface area contributed by atoms with Crippen LogP contribution in [0.5, 0.6) is 0 Å². The topological polar surface area (TPSA) is 107 Å². The van der Waals surface area contributed by atoms with Crippen LogP contribution in [-0.4, -0.2) is 19.5 Å². The Hall–Kier alpha value is -2.85. The fraction of sp³-hybridized carbons (Fsp3) is 0.176. The first kappa shape index (κ1) is 17.5. The number of hydrogen-bond acceptors (Lipinski definition) is 4. The zero-order valence-corrected chi connectivity index (χ0v) is 13.8. The van der Waals surface area contributed by atoms with E-state index in [1.165, 1.54) is 12.1 Å². The molecule has 0 saturated carbocycles. The molecule has 0 radical (unpaired) electrons. The molecule has 0 aliphatic heterocycles. The molecule has 0 fully saturated rings. The van der Waals surface area contributed by atoms with Gasteiger partial charge in [0.05, 0.1) is 22.9 Å². The molecule has 0 heterocycles. The van der Waals surface area contributed by atoms with Crippen molar-refractivity contribution in [3.63, 3.8) is 0 Å². The summed E-state index contributed by atoms with van der Waals surface area (Å²) >= 11 is 0. The first-order valence-corrected chi connectivity index (χ1v) is 8.70. The second-order valence-electron chi connectivity index (χ2n) is 5.12. The Morgan fingerprint density at radius 1 is 1.21 bits per heavy atom. The molecule has 7 heteroatoms. The summed E-state index contributed by atoms with van der Waals surface area (Å²) in [5, 5.41) is 17.7. The predicted octanol–water partition coefficient (Wildman–Crippen LogP) is 2.81. The molecule has 124 valence electrons. The van der Waals surface area contributed by atoms with Crippen LogP contribution in [0.15, 0.2) is 47.4 Å². The molecule has 24 heavy (non-hydrogen) atoms. The lowest BCUT2D eigenvalue weighted by atomic mass is 10.1. The van der Waals surface area contributed by atoms with Crippen molar-refractivity contribution in [2.24, 2.45) is 0 Å². The molecule has 6 nitrogen and oxygen atoms in total. The Balaban J connectivity index is 2.38. The predicted molar refractivity (Wildman–Crippen MR) is 89.3 cm³/mol. The van der Waals surface area contributed by atoms with Gasteiger partial charge in [0.25, 0.3) is 10.0 Å². The normalized spacial score (nSPS) is 10.8. The lowest BCUT2D eigenvalue weighted by molar-refractivity contribution is 0.0696. The van der Waals surface area contributed by atoms with Crippen molar-refractivity contribution in [1.29, 1.82) is 5.26 Å². The minimum Gasteiger partial charge on any atom is -0.478 e. The molecular formula is C17H16N2O4S. The second-order valence-corrected chi connectivity index (χ2v) is 6.77. The van der Waals surface area contributed by atoms with Crippen LogP contribution in [-0.2, 0) is 22.9 Å². The minimum absolute atomic E-state index is 0.0500. The summed E-state index contributed by atoms with van der Waals surface area (Å²) < 4.78 is 27.7. The van der Waals surface area contributed by atoms with Crippen LogP contribution in [0.1, 0.15) is 28.4 Å². The number of aromatic carboxylic acids is 1. The van der Waals surface area contributed by atoms with Crippen LogP contribution in [0.4, 0.5) is 5.69 Å². The lowest BCUT2D eigenvalue weighted by Crippen LogP contribution is -2.16. The van der Waals surface area contributed by atoms with Gasteiger partial charge in [-0.2, -0.15) is 5.26 Å². The highest BCUT2D eigenvalue weighted by Gasteiger charge is 2.20. The van der Waals surface area contributed by atoms with Gasteiger partial charge in [0.15, 0.2) is 0 Å². The van der Waals surface area contributed by atoms with Crippen molar-refractivity contribution in [3.05, 3.63) is 59.2 Å². The van der Waals surface area contributed by atoms with Gasteiger partial charge in [0.2, 0.25) is 0 Å². The van der Waals surface area contributed by atoms with E-state index in [4.69, 9.17) is 10.4 Å². The summed E-state index contributed by atoms with van der Waals surface area (Å²) in [4.78, 5) is 11.0. The first-order chi connectivity index (χ1) is 11.4. The van der Waals surface area contributed by atoms with E-state index >= 15 is 0 Å². The molecular weight excluding hydrogens is 328 g/mol. The lowest BCUT2D eigenvalue weighted by Gasteiger charge is -2.12. The third kappa shape index (κ3) is 3.91. The Bertz CT molecular complexity index is 897. The highest BCUT2D eigenvalue weighted by Crippen LogP contribution is 2.22. The fourth-order valence-electron chi connectivity index (χ4n) is 2.22. The summed E-state index contributed by atoms with van der Waals surface area (Å²) in [5.41, 5.74) is 1.58. The van der Waals surface area contributed by atoms with E-state index in [9.17, 15) is 13.2 Å². The third-order valence-corrected chi connectivity index (χ3v) is 4.94. The number of carboxylic acids is 1. The number of nitrogens with one attached hydrogen (secondary N) is 1. The highest BCUT2D eigenvalue weighted by molar-refractivity contribution is 7.92. The average molecular weight is 344 g/mol. The van der Waals surface area contributed by atoms with Crippen LogP contribution in [0.3, 0.4) is 0 Å². The molecule has 0 aliphatic carbocycles. The SMILES string of the molecule is CCc1ccc(C(=O)O)cc1S(=O)(=O)Nc1ccc(CC#N)cc1. The fourth-order valence-corrected chi connectivity index (χ4v) is 3.62. The molecule has 0 saturated heterocycles. The van der Waals surface area contributed by atoms with E-state index < -0.39 is 16.0 Å². The van der Waals surface area contributed by atoms with Gasteiger partial charge in [-0.1, -0.05) is 25.1 Å². The van der Waals surface area contributed by atoms with E-state index in [1.807, 2.05) is 6.07 Å². The van der Waals surface area contributed by atoms with E-state index in [-0.39, 0.29) is 16.9 Å². The Kier molecular flexibility index (Phi) is 5.21. The van der Waals surface area contributed by atoms with Crippen LogP contribution >= 0.6 is 0 Å². The highest BCUT2D eigenvalue weighted by atomic mass is 32.2. The molecule has 0 aliphatic rings. The monoisotopic (exact) mass is 344 g/mol. The van der Waals surface area contributed by atoms with Gasteiger partial charge in [-0.05, 0) is 41.8 Å². The number of rotatable bonds is 6. The molecule has 2 rings (SSSR count). The minimum atomic E-state index is -3.92. The van der Waals surface area contributed by atoms with E-state index in [1.54, 1.807) is 31.2 Å². The summed E-state index contributed by atoms with van der Waals surface area (Å²) in [7, 11) is -3.92. The molecule has 2 aromatic rings. The van der Waals surface area contributed by atoms with E-state index in [0.29, 0.717) is 17.7 Å². The molecule has 2 N–H and O–H groups in total. The van der Waals surface area contributed by atoms with Gasteiger partial charge in [-0.15, -0.1) is 0 Å². The van der Waals surface area contributed by atoms with Gasteiger partial charge in [-0.25, -0.2) is 13.2 Å². The Labute approximate surface area is 140 Å². The number of carbonyl (C=O) groups is 1. The van der Waals surface area contributed by atoms with Gasteiger partial charge >= 0.3 is 5.97 Å². The third-order valence-electron chi connectivity index (χ3n) is 3.47. The number of sulfonamides is 1. The van der Waals surface area contributed by atoms with Crippen molar-refractivity contribution < 1.29 is 18.3 Å². The summed E-state index contributed by atoms with van der Waals surface area (Å²) in [5.74, 6) is -1.19.